The SMILES string of the molecule is CC(=O)c1cc(Nc2nc(Cl)nc(Sc3ccc(CC(=O)C4CC4)cc3)n2)n[nH]1. The molecule has 29 heavy (non-hydrogen) atoms. The molecule has 0 saturated heterocycles. The van der Waals surface area contributed by atoms with Crippen molar-refractivity contribution in [2.45, 2.75) is 36.2 Å². The van der Waals surface area contributed by atoms with E-state index in [-0.39, 0.29) is 22.9 Å². The molecule has 2 aromatic heterocycles. The Balaban J connectivity index is 1.44. The number of carbonyl (C=O) groups excluding carboxylic acids is 2. The lowest BCUT2D eigenvalue weighted by Gasteiger charge is -2.05. The molecular formula is C19H17ClN6O2S. The molecule has 1 saturated carbocycles. The summed E-state index contributed by atoms with van der Waals surface area (Å²) in [6.07, 6.45) is 2.53. The predicted molar refractivity (Wildman–Crippen MR) is 109 cm³/mol. The Hall–Kier alpha value is -2.78. The molecule has 10 heteroatoms. The molecule has 3 aromatic rings. The van der Waals surface area contributed by atoms with Gasteiger partial charge in [0.05, 0.1) is 0 Å². The van der Waals surface area contributed by atoms with Gasteiger partial charge in [0.1, 0.15) is 11.5 Å². The Morgan fingerprint density at radius 2 is 1.97 bits per heavy atom. The van der Waals surface area contributed by atoms with Crippen LogP contribution in [-0.2, 0) is 11.2 Å². The van der Waals surface area contributed by atoms with Crippen molar-refractivity contribution in [3.63, 3.8) is 0 Å². The molecule has 148 valence electrons. The van der Waals surface area contributed by atoms with Gasteiger partial charge >= 0.3 is 0 Å². The number of nitrogens with zero attached hydrogens (tertiary/aromatic N) is 4. The summed E-state index contributed by atoms with van der Waals surface area (Å²) in [7, 11) is 0. The maximum atomic E-state index is 11.9. The van der Waals surface area contributed by atoms with Crippen LogP contribution in [0.15, 0.2) is 40.4 Å². The summed E-state index contributed by atoms with van der Waals surface area (Å²) in [4.78, 5) is 36.7. The topological polar surface area (TPSA) is 114 Å². The quantitative estimate of drug-likeness (QED) is 0.520. The number of hydrogen-bond donors (Lipinski definition) is 2. The summed E-state index contributed by atoms with van der Waals surface area (Å²) in [6, 6.07) is 9.30. The summed E-state index contributed by atoms with van der Waals surface area (Å²) in [5.41, 5.74) is 1.38. The fraction of sp³-hybridized carbons (Fsp3) is 0.263. The van der Waals surface area contributed by atoms with Gasteiger partial charge in [-0.15, -0.1) is 0 Å². The first-order valence-electron chi connectivity index (χ1n) is 9.01. The lowest BCUT2D eigenvalue weighted by Crippen LogP contribution is -2.04. The summed E-state index contributed by atoms with van der Waals surface area (Å²) in [5, 5.41) is 9.98. The Morgan fingerprint density at radius 3 is 2.62 bits per heavy atom. The minimum Gasteiger partial charge on any atom is -0.307 e. The first-order chi connectivity index (χ1) is 14.0. The van der Waals surface area contributed by atoms with E-state index < -0.39 is 0 Å². The summed E-state index contributed by atoms with van der Waals surface area (Å²) < 4.78 is 0. The van der Waals surface area contributed by atoms with Crippen LogP contribution in [0.2, 0.25) is 5.28 Å². The van der Waals surface area contributed by atoms with Gasteiger partial charge in [-0.2, -0.15) is 20.1 Å². The number of benzene rings is 1. The molecule has 2 heterocycles. The number of H-pyrrole nitrogens is 1. The second kappa shape index (κ2) is 8.30. The first kappa shape index (κ1) is 19.5. The van der Waals surface area contributed by atoms with Gasteiger partial charge in [0, 0.05) is 30.2 Å². The molecule has 1 aliphatic carbocycles. The standard InChI is InChI=1S/C19H17ClN6O2S/c1-10(27)14-9-16(26-25-14)21-18-22-17(20)23-19(24-18)29-13-6-2-11(3-7-13)8-15(28)12-4-5-12/h2-3,6-7,9,12H,4-5,8H2,1H3,(H2,21,22,23,24,25,26). The second-order valence-electron chi connectivity index (χ2n) is 6.72. The van der Waals surface area contributed by atoms with Gasteiger partial charge in [0.2, 0.25) is 11.2 Å². The van der Waals surface area contributed by atoms with Crippen LogP contribution in [0.1, 0.15) is 35.8 Å². The van der Waals surface area contributed by atoms with Crippen LogP contribution in [0.25, 0.3) is 0 Å². The zero-order valence-corrected chi connectivity index (χ0v) is 17.0. The van der Waals surface area contributed by atoms with Gasteiger partial charge in [-0.3, -0.25) is 14.7 Å². The largest absolute Gasteiger partial charge is 0.307 e. The molecule has 0 atom stereocenters. The van der Waals surface area contributed by atoms with Crippen LogP contribution in [0, 0.1) is 5.92 Å². The molecule has 1 aromatic carbocycles. The number of Topliss-reactive ketones (excluding diaryl/α,β-unsaturated/α-hetero) is 2. The average Bonchev–Trinajstić information content (AvgIpc) is 3.42. The van der Waals surface area contributed by atoms with E-state index in [1.165, 1.54) is 18.7 Å². The van der Waals surface area contributed by atoms with Crippen molar-refractivity contribution in [2.24, 2.45) is 5.92 Å². The van der Waals surface area contributed by atoms with Crippen molar-refractivity contribution in [3.05, 3.63) is 46.9 Å². The minimum atomic E-state index is -0.127. The second-order valence-corrected chi connectivity index (χ2v) is 8.10. The third-order valence-corrected chi connectivity index (χ3v) is 5.37. The molecule has 0 spiro atoms. The Labute approximate surface area is 175 Å². The highest BCUT2D eigenvalue weighted by Gasteiger charge is 2.28. The smallest absolute Gasteiger partial charge is 0.233 e. The van der Waals surface area contributed by atoms with Crippen molar-refractivity contribution in [1.29, 1.82) is 0 Å². The van der Waals surface area contributed by atoms with E-state index in [1.54, 1.807) is 6.07 Å². The lowest BCUT2D eigenvalue weighted by molar-refractivity contribution is -0.119. The third kappa shape index (κ3) is 5.18. The number of aromatic nitrogens is 5. The van der Waals surface area contributed by atoms with Crippen LogP contribution in [0.4, 0.5) is 11.8 Å². The van der Waals surface area contributed by atoms with E-state index in [2.05, 4.69) is 30.5 Å². The monoisotopic (exact) mass is 428 g/mol. The number of rotatable bonds is 8. The van der Waals surface area contributed by atoms with Crippen LogP contribution >= 0.6 is 23.4 Å². The van der Waals surface area contributed by atoms with Crippen LogP contribution in [-0.4, -0.2) is 36.7 Å². The van der Waals surface area contributed by atoms with Gasteiger partial charge in [0.15, 0.2) is 16.8 Å². The van der Waals surface area contributed by atoms with Gasteiger partial charge < -0.3 is 5.32 Å². The number of nitrogens with one attached hydrogen (secondary N) is 2. The van der Waals surface area contributed by atoms with Crippen LogP contribution < -0.4 is 5.32 Å². The molecular weight excluding hydrogens is 412 g/mol. The number of aromatic amines is 1. The predicted octanol–water partition coefficient (Wildman–Crippen LogP) is 3.87. The summed E-state index contributed by atoms with van der Waals surface area (Å²) in [6.45, 7) is 1.44. The molecule has 4 rings (SSSR count). The number of hydrogen-bond acceptors (Lipinski definition) is 8. The normalized spacial score (nSPS) is 13.3. The van der Waals surface area contributed by atoms with Gasteiger partial charge in [-0.05, 0) is 53.9 Å². The maximum absolute atomic E-state index is 11.9. The highest BCUT2D eigenvalue weighted by atomic mass is 35.5. The molecule has 0 radical (unpaired) electrons. The zero-order chi connectivity index (χ0) is 20.4. The van der Waals surface area contributed by atoms with Crippen molar-refractivity contribution >= 4 is 46.7 Å². The fourth-order valence-electron chi connectivity index (χ4n) is 2.65. The van der Waals surface area contributed by atoms with E-state index in [0.717, 1.165) is 23.3 Å². The molecule has 0 bridgehead atoms. The van der Waals surface area contributed by atoms with Crippen LogP contribution in [0.5, 0.6) is 0 Å². The minimum absolute atomic E-state index is 0.0407. The maximum Gasteiger partial charge on any atom is 0.233 e. The van der Waals surface area contributed by atoms with E-state index in [1.807, 2.05) is 24.3 Å². The molecule has 2 N–H and O–H groups in total. The fourth-order valence-corrected chi connectivity index (χ4v) is 3.60. The van der Waals surface area contributed by atoms with E-state index in [9.17, 15) is 9.59 Å². The Kier molecular flexibility index (Phi) is 5.59. The van der Waals surface area contributed by atoms with Crippen molar-refractivity contribution in [1.82, 2.24) is 25.1 Å². The highest BCUT2D eigenvalue weighted by Crippen LogP contribution is 2.31. The Bertz CT molecular complexity index is 1060. The third-order valence-electron chi connectivity index (χ3n) is 4.33. The molecule has 0 amide bonds. The van der Waals surface area contributed by atoms with Gasteiger partial charge in [-0.25, -0.2) is 0 Å². The number of halogens is 1. The summed E-state index contributed by atoms with van der Waals surface area (Å²) in [5.74, 6) is 1.08. The molecule has 0 aliphatic heterocycles. The average molecular weight is 429 g/mol. The Morgan fingerprint density at radius 1 is 1.21 bits per heavy atom. The van der Waals surface area contributed by atoms with E-state index in [4.69, 9.17) is 11.6 Å². The number of carbonyl (C=O) groups is 2. The van der Waals surface area contributed by atoms with E-state index in [0.29, 0.717) is 28.9 Å². The van der Waals surface area contributed by atoms with Crippen molar-refractivity contribution < 1.29 is 9.59 Å². The van der Waals surface area contributed by atoms with Crippen molar-refractivity contribution in [3.8, 4) is 0 Å². The van der Waals surface area contributed by atoms with Gasteiger partial charge in [-0.1, -0.05) is 12.1 Å². The van der Waals surface area contributed by atoms with Gasteiger partial charge in [0.25, 0.3) is 0 Å². The van der Waals surface area contributed by atoms with Crippen LogP contribution in [0.3, 0.4) is 0 Å². The summed E-state index contributed by atoms with van der Waals surface area (Å²) >= 11 is 7.35. The molecule has 0 unspecified atom stereocenters. The molecule has 8 nitrogen and oxygen atoms in total. The molecule has 1 aliphatic rings. The van der Waals surface area contributed by atoms with Crippen molar-refractivity contribution in [2.75, 3.05) is 5.32 Å². The van der Waals surface area contributed by atoms with E-state index >= 15 is 0 Å². The highest BCUT2D eigenvalue weighted by molar-refractivity contribution is 7.99. The lowest BCUT2D eigenvalue weighted by atomic mass is 10.1. The number of ketones is 2. The molecule has 1 fully saturated rings. The number of anilines is 2. The first-order valence-corrected chi connectivity index (χ1v) is 10.2. The zero-order valence-electron chi connectivity index (χ0n) is 15.5.